The third-order valence-electron chi connectivity index (χ3n) is 3.87. The van der Waals surface area contributed by atoms with Crippen LogP contribution in [0.4, 0.5) is 4.39 Å². The van der Waals surface area contributed by atoms with Crippen molar-refractivity contribution in [2.45, 2.75) is 33.4 Å². The van der Waals surface area contributed by atoms with E-state index >= 15 is 0 Å². The maximum absolute atomic E-state index is 14.0. The molecule has 1 aromatic carbocycles. The number of benzene rings is 1. The van der Waals surface area contributed by atoms with Crippen LogP contribution in [0, 0.1) is 11.7 Å². The van der Waals surface area contributed by atoms with Gasteiger partial charge in [-0.15, -0.1) is 10.2 Å². The number of nitrogens with zero attached hydrogens (tertiary/aromatic N) is 4. The van der Waals surface area contributed by atoms with E-state index < -0.39 is 5.82 Å². The summed E-state index contributed by atoms with van der Waals surface area (Å²) in [7, 11) is 0. The van der Waals surface area contributed by atoms with Crippen LogP contribution in [0.2, 0.25) is 0 Å². The first-order chi connectivity index (χ1) is 11.0. The number of carbonyl (C=O) groups is 1. The van der Waals surface area contributed by atoms with Crippen LogP contribution in [-0.4, -0.2) is 32.1 Å². The van der Waals surface area contributed by atoms with E-state index in [4.69, 9.17) is 0 Å². The van der Waals surface area contributed by atoms with Crippen molar-refractivity contribution in [3.63, 3.8) is 0 Å². The highest BCUT2D eigenvalue weighted by atomic mass is 79.9. The van der Waals surface area contributed by atoms with Crippen LogP contribution in [0.3, 0.4) is 0 Å². The topological polar surface area (TPSA) is 51.0 Å². The Balaban J connectivity index is 1.79. The largest absolute Gasteiger partial charge is 0.329 e. The van der Waals surface area contributed by atoms with E-state index in [2.05, 4.69) is 44.5 Å². The molecule has 2 aromatic rings. The summed E-state index contributed by atoms with van der Waals surface area (Å²) in [5, 5.41) is 8.42. The molecule has 0 spiro atoms. The summed E-state index contributed by atoms with van der Waals surface area (Å²) in [5.41, 5.74) is 0.0866. The van der Waals surface area contributed by atoms with Crippen LogP contribution in [0.5, 0.6) is 0 Å². The molecule has 0 N–H and O–H groups in total. The molecule has 0 aliphatic carbocycles. The average molecular weight is 381 g/mol. The van der Waals surface area contributed by atoms with Crippen molar-refractivity contribution in [2.75, 3.05) is 6.54 Å². The van der Waals surface area contributed by atoms with E-state index in [9.17, 15) is 9.18 Å². The minimum atomic E-state index is -0.517. The molecule has 23 heavy (non-hydrogen) atoms. The van der Waals surface area contributed by atoms with Gasteiger partial charge in [0.05, 0.1) is 12.1 Å². The zero-order chi connectivity index (χ0) is 16.6. The van der Waals surface area contributed by atoms with E-state index in [0.29, 0.717) is 30.0 Å². The van der Waals surface area contributed by atoms with Gasteiger partial charge in [-0.2, -0.15) is 0 Å². The summed E-state index contributed by atoms with van der Waals surface area (Å²) in [6.07, 6.45) is 0.863. The highest BCUT2D eigenvalue weighted by Gasteiger charge is 2.26. The minimum absolute atomic E-state index is 0.0866. The van der Waals surface area contributed by atoms with Gasteiger partial charge in [-0.3, -0.25) is 4.79 Å². The number of fused-ring (bicyclic) bond motifs is 1. The van der Waals surface area contributed by atoms with Gasteiger partial charge in [-0.1, -0.05) is 29.8 Å². The Hall–Kier alpha value is -1.76. The molecule has 0 radical (unpaired) electrons. The van der Waals surface area contributed by atoms with E-state index in [0.717, 1.165) is 18.1 Å². The van der Waals surface area contributed by atoms with E-state index in [1.165, 1.54) is 12.1 Å². The standard InChI is InChI=1S/C16H18BrFN4O/c1-10(2)7-14-19-20-15-9-21(5-6-22(14)15)16(23)12-4-3-11(17)8-13(12)18/h3-4,8,10H,5-7,9H2,1-2H3. The third-order valence-corrected chi connectivity index (χ3v) is 4.36. The molecule has 0 unspecified atom stereocenters. The Morgan fingerprint density at radius 1 is 1.35 bits per heavy atom. The van der Waals surface area contributed by atoms with Crippen molar-refractivity contribution in [1.82, 2.24) is 19.7 Å². The Bertz CT molecular complexity index is 744. The van der Waals surface area contributed by atoms with Gasteiger partial charge in [0, 0.05) is 24.0 Å². The molecule has 122 valence electrons. The molecular formula is C16H18BrFN4O. The van der Waals surface area contributed by atoms with Gasteiger partial charge in [0.25, 0.3) is 5.91 Å². The molecule has 0 saturated heterocycles. The van der Waals surface area contributed by atoms with Crippen LogP contribution in [0.1, 0.15) is 35.9 Å². The zero-order valence-corrected chi connectivity index (χ0v) is 14.7. The summed E-state index contributed by atoms with van der Waals surface area (Å²) < 4.78 is 16.7. The van der Waals surface area contributed by atoms with Crippen LogP contribution in [-0.2, 0) is 19.5 Å². The van der Waals surface area contributed by atoms with Gasteiger partial charge in [-0.05, 0) is 24.1 Å². The summed E-state index contributed by atoms with van der Waals surface area (Å²) in [6, 6.07) is 4.48. The number of rotatable bonds is 3. The summed E-state index contributed by atoms with van der Waals surface area (Å²) in [4.78, 5) is 14.2. The first-order valence-corrected chi connectivity index (χ1v) is 8.40. The van der Waals surface area contributed by atoms with Gasteiger partial charge in [0.2, 0.25) is 0 Å². The van der Waals surface area contributed by atoms with Crippen molar-refractivity contribution < 1.29 is 9.18 Å². The second kappa shape index (κ2) is 6.39. The smallest absolute Gasteiger partial charge is 0.257 e. The average Bonchev–Trinajstić information content (AvgIpc) is 2.88. The summed E-state index contributed by atoms with van der Waals surface area (Å²) >= 11 is 3.20. The number of aromatic nitrogens is 3. The monoisotopic (exact) mass is 380 g/mol. The van der Waals surface area contributed by atoms with Crippen LogP contribution < -0.4 is 0 Å². The molecule has 1 aromatic heterocycles. The lowest BCUT2D eigenvalue weighted by Crippen LogP contribution is -2.39. The van der Waals surface area contributed by atoms with E-state index in [1.54, 1.807) is 11.0 Å². The number of halogens is 2. The van der Waals surface area contributed by atoms with Crippen molar-refractivity contribution in [1.29, 1.82) is 0 Å². The Labute approximate surface area is 142 Å². The zero-order valence-electron chi connectivity index (χ0n) is 13.1. The van der Waals surface area contributed by atoms with Crippen LogP contribution in [0.25, 0.3) is 0 Å². The molecule has 0 bridgehead atoms. The van der Waals surface area contributed by atoms with Gasteiger partial charge in [-0.25, -0.2) is 4.39 Å². The fraction of sp³-hybridized carbons (Fsp3) is 0.438. The SMILES string of the molecule is CC(C)Cc1nnc2n1CCN(C(=O)c1ccc(Br)cc1F)C2. The molecule has 0 saturated carbocycles. The predicted molar refractivity (Wildman–Crippen MR) is 87.4 cm³/mol. The fourth-order valence-electron chi connectivity index (χ4n) is 2.74. The Kier molecular flexibility index (Phi) is 4.48. The molecule has 3 rings (SSSR count). The predicted octanol–water partition coefficient (Wildman–Crippen LogP) is 3.03. The maximum atomic E-state index is 14.0. The molecule has 5 nitrogen and oxygen atoms in total. The van der Waals surface area contributed by atoms with Crippen molar-refractivity contribution in [3.05, 3.63) is 45.7 Å². The highest BCUT2D eigenvalue weighted by molar-refractivity contribution is 9.10. The Morgan fingerprint density at radius 2 is 2.13 bits per heavy atom. The van der Waals surface area contributed by atoms with Crippen molar-refractivity contribution in [3.8, 4) is 0 Å². The van der Waals surface area contributed by atoms with Crippen LogP contribution >= 0.6 is 15.9 Å². The molecule has 2 heterocycles. The quantitative estimate of drug-likeness (QED) is 0.821. The second-order valence-electron chi connectivity index (χ2n) is 6.13. The van der Waals surface area contributed by atoms with Crippen LogP contribution in [0.15, 0.2) is 22.7 Å². The molecule has 1 amide bonds. The Morgan fingerprint density at radius 3 is 2.83 bits per heavy atom. The molecule has 0 atom stereocenters. The first kappa shape index (κ1) is 16.1. The highest BCUT2D eigenvalue weighted by Crippen LogP contribution is 2.20. The van der Waals surface area contributed by atoms with Gasteiger partial charge < -0.3 is 9.47 Å². The molecule has 7 heteroatoms. The molecular weight excluding hydrogens is 363 g/mol. The van der Waals surface area contributed by atoms with E-state index in [-0.39, 0.29) is 11.5 Å². The number of hydrogen-bond acceptors (Lipinski definition) is 3. The van der Waals surface area contributed by atoms with Gasteiger partial charge in [0.15, 0.2) is 5.82 Å². The van der Waals surface area contributed by atoms with Crippen molar-refractivity contribution in [2.24, 2.45) is 5.92 Å². The lowest BCUT2D eigenvalue weighted by Gasteiger charge is -2.28. The lowest BCUT2D eigenvalue weighted by atomic mass is 10.1. The molecule has 1 aliphatic rings. The lowest BCUT2D eigenvalue weighted by molar-refractivity contribution is 0.0701. The van der Waals surface area contributed by atoms with Crippen molar-refractivity contribution >= 4 is 21.8 Å². The number of amides is 1. The number of carbonyl (C=O) groups excluding carboxylic acids is 1. The second-order valence-corrected chi connectivity index (χ2v) is 7.05. The molecule has 0 fully saturated rings. The normalized spacial score (nSPS) is 14.2. The minimum Gasteiger partial charge on any atom is -0.329 e. The first-order valence-electron chi connectivity index (χ1n) is 7.61. The summed E-state index contributed by atoms with van der Waals surface area (Å²) in [6.45, 7) is 5.81. The van der Waals surface area contributed by atoms with E-state index in [1.807, 2.05) is 0 Å². The van der Waals surface area contributed by atoms with Gasteiger partial charge >= 0.3 is 0 Å². The summed E-state index contributed by atoms with van der Waals surface area (Å²) in [5.74, 6) is 1.39. The number of hydrogen-bond donors (Lipinski definition) is 0. The fourth-order valence-corrected chi connectivity index (χ4v) is 3.07. The van der Waals surface area contributed by atoms with Gasteiger partial charge in [0.1, 0.15) is 11.6 Å². The maximum Gasteiger partial charge on any atom is 0.257 e. The third kappa shape index (κ3) is 3.29. The molecule has 1 aliphatic heterocycles.